The van der Waals surface area contributed by atoms with Crippen LogP contribution in [0.15, 0.2) is 68.7 Å². The number of hydrogen-bond acceptors (Lipinski definition) is 7. The van der Waals surface area contributed by atoms with Gasteiger partial charge in [-0.05, 0) is 29.7 Å². The molecule has 9 heteroatoms. The van der Waals surface area contributed by atoms with Gasteiger partial charge in [-0.15, -0.1) is 0 Å². The van der Waals surface area contributed by atoms with Crippen molar-refractivity contribution in [3.63, 3.8) is 0 Å². The van der Waals surface area contributed by atoms with Gasteiger partial charge in [0.1, 0.15) is 24.5 Å². The Kier molecular flexibility index (Phi) is 4.66. The molecule has 0 radical (unpaired) electrons. The number of aliphatic hydroxyl groups is 1. The highest BCUT2D eigenvalue weighted by Gasteiger charge is 2.42. The van der Waals surface area contributed by atoms with Crippen LogP contribution in [0.2, 0.25) is 0 Å². The summed E-state index contributed by atoms with van der Waals surface area (Å²) in [5.74, 6) is -0.185. The average Bonchev–Trinajstić information content (AvgIpc) is 3.12. The van der Waals surface area contributed by atoms with E-state index in [4.69, 9.17) is 0 Å². The zero-order chi connectivity index (χ0) is 20.7. The lowest BCUT2D eigenvalue weighted by Gasteiger charge is -2.36. The second kappa shape index (κ2) is 7.49. The summed E-state index contributed by atoms with van der Waals surface area (Å²) in [7, 11) is 0. The number of carbonyl (C=O) groups excluding carboxylic acids is 1. The molecule has 0 bridgehead atoms. The van der Waals surface area contributed by atoms with Gasteiger partial charge in [-0.1, -0.05) is 12.1 Å². The first-order chi connectivity index (χ1) is 14.7. The Morgan fingerprint density at radius 3 is 2.83 bits per heavy atom. The van der Waals surface area contributed by atoms with Crippen LogP contribution in [0.5, 0.6) is 0 Å². The molecular formula is C21H19FN6O2. The summed E-state index contributed by atoms with van der Waals surface area (Å²) >= 11 is 0. The molecule has 0 saturated heterocycles. The van der Waals surface area contributed by atoms with E-state index in [1.54, 1.807) is 16.8 Å². The van der Waals surface area contributed by atoms with E-state index in [1.807, 2.05) is 0 Å². The van der Waals surface area contributed by atoms with Crippen molar-refractivity contribution >= 4 is 11.5 Å². The van der Waals surface area contributed by atoms with E-state index in [2.05, 4.69) is 25.3 Å². The first-order valence-corrected chi connectivity index (χ1v) is 9.79. The molecule has 0 saturated carbocycles. The van der Waals surface area contributed by atoms with Gasteiger partial charge in [-0.25, -0.2) is 14.1 Å². The lowest BCUT2D eigenvalue weighted by molar-refractivity contribution is -0.113. The number of carbonyl (C=O) groups is 1. The Bertz CT molecular complexity index is 1130. The van der Waals surface area contributed by atoms with Crippen LogP contribution in [-0.4, -0.2) is 51.1 Å². The molecule has 2 atom stereocenters. The van der Waals surface area contributed by atoms with Crippen LogP contribution >= 0.6 is 0 Å². The molecule has 1 aromatic carbocycles. The molecule has 1 aliphatic carbocycles. The van der Waals surface area contributed by atoms with Crippen LogP contribution < -0.4 is 0 Å². The number of nitrogens with zero attached hydrogens (tertiary/aromatic N) is 6. The second-order valence-electron chi connectivity index (χ2n) is 7.48. The van der Waals surface area contributed by atoms with Gasteiger partial charge in [0.25, 0.3) is 0 Å². The minimum atomic E-state index is -0.314. The molecule has 5 rings (SSSR count). The summed E-state index contributed by atoms with van der Waals surface area (Å²) in [6.07, 6.45) is 3.61. The fraction of sp³-hybridized carbons (Fsp3) is 0.333. The lowest BCUT2D eigenvalue weighted by atomic mass is 9.70. The molecule has 1 N–H and O–H groups in total. The Hall–Kier alpha value is -3.33. The van der Waals surface area contributed by atoms with Gasteiger partial charge in [-0.3, -0.25) is 9.79 Å². The Balaban J connectivity index is 1.71. The van der Waals surface area contributed by atoms with Crippen LogP contribution in [0.25, 0.3) is 0 Å². The summed E-state index contributed by atoms with van der Waals surface area (Å²) in [4.78, 5) is 21.4. The van der Waals surface area contributed by atoms with Crippen LogP contribution in [0.3, 0.4) is 0 Å². The molecule has 1 aromatic heterocycles. The molecular weight excluding hydrogens is 387 g/mol. The fourth-order valence-corrected chi connectivity index (χ4v) is 4.46. The van der Waals surface area contributed by atoms with E-state index >= 15 is 0 Å². The number of azo groups is 1. The van der Waals surface area contributed by atoms with Crippen molar-refractivity contribution < 1.29 is 14.3 Å². The fourth-order valence-electron chi connectivity index (χ4n) is 4.46. The van der Waals surface area contributed by atoms with Gasteiger partial charge >= 0.3 is 0 Å². The largest absolute Gasteiger partial charge is 0.394 e. The second-order valence-corrected chi connectivity index (χ2v) is 7.48. The van der Waals surface area contributed by atoms with E-state index in [9.17, 15) is 14.3 Å². The highest BCUT2D eigenvalue weighted by atomic mass is 19.1. The van der Waals surface area contributed by atoms with Gasteiger partial charge in [0, 0.05) is 17.6 Å². The minimum absolute atomic E-state index is 0.0198. The van der Waals surface area contributed by atoms with Crippen molar-refractivity contribution in [2.45, 2.75) is 24.8 Å². The quantitative estimate of drug-likeness (QED) is 0.841. The number of aliphatic hydroxyl groups excluding tert-OH is 1. The SMILES string of the molecule is O=C1C=C2N=NCC3=C2C(=NC1)C(c1ncnn1CCO)C(c1ccc(F)cc1)C3. The number of aliphatic imine (C=N–C) groups is 1. The Morgan fingerprint density at radius 1 is 1.20 bits per heavy atom. The predicted molar refractivity (Wildman–Crippen MR) is 106 cm³/mol. The Labute approximate surface area is 171 Å². The summed E-state index contributed by atoms with van der Waals surface area (Å²) in [5, 5.41) is 22.2. The number of allylic oxidation sites excluding steroid dienone is 1. The number of rotatable bonds is 4. The first-order valence-electron chi connectivity index (χ1n) is 9.79. The molecule has 3 heterocycles. The van der Waals surface area contributed by atoms with Gasteiger partial charge in [0.15, 0.2) is 5.78 Å². The first kappa shape index (κ1) is 18.7. The average molecular weight is 406 g/mol. The maximum absolute atomic E-state index is 13.6. The number of aromatic nitrogens is 3. The monoisotopic (exact) mass is 406 g/mol. The third-order valence-corrected chi connectivity index (χ3v) is 5.71. The van der Waals surface area contributed by atoms with Crippen molar-refractivity contribution in [2.24, 2.45) is 15.2 Å². The van der Waals surface area contributed by atoms with Gasteiger partial charge in [0.05, 0.1) is 37.0 Å². The maximum atomic E-state index is 13.6. The van der Waals surface area contributed by atoms with Gasteiger partial charge < -0.3 is 5.11 Å². The van der Waals surface area contributed by atoms with Crippen molar-refractivity contribution in [1.29, 1.82) is 0 Å². The lowest BCUT2D eigenvalue weighted by Crippen LogP contribution is -2.33. The third kappa shape index (κ3) is 3.11. The van der Waals surface area contributed by atoms with Gasteiger partial charge in [0.2, 0.25) is 0 Å². The topological polar surface area (TPSA) is 105 Å². The summed E-state index contributed by atoms with van der Waals surface area (Å²) in [6.45, 7) is 0.671. The smallest absolute Gasteiger partial charge is 0.179 e. The van der Waals surface area contributed by atoms with Crippen LogP contribution in [0.1, 0.15) is 29.6 Å². The molecule has 0 spiro atoms. The van der Waals surface area contributed by atoms with Crippen molar-refractivity contribution in [2.75, 3.05) is 19.7 Å². The molecule has 2 aromatic rings. The number of ketones is 1. The molecule has 152 valence electrons. The third-order valence-electron chi connectivity index (χ3n) is 5.71. The highest BCUT2D eigenvalue weighted by Crippen LogP contribution is 2.47. The Morgan fingerprint density at radius 2 is 2.03 bits per heavy atom. The highest BCUT2D eigenvalue weighted by molar-refractivity contribution is 6.13. The van der Waals surface area contributed by atoms with Crippen molar-refractivity contribution in [3.8, 4) is 0 Å². The number of benzene rings is 1. The van der Waals surface area contributed by atoms with E-state index in [1.165, 1.54) is 24.5 Å². The summed E-state index contributed by atoms with van der Waals surface area (Å²) < 4.78 is 15.3. The molecule has 0 amide bonds. The van der Waals surface area contributed by atoms with E-state index in [0.717, 1.165) is 22.4 Å². The van der Waals surface area contributed by atoms with Gasteiger partial charge in [-0.2, -0.15) is 15.3 Å². The maximum Gasteiger partial charge on any atom is 0.179 e. The molecule has 2 aliphatic heterocycles. The van der Waals surface area contributed by atoms with E-state index in [0.29, 0.717) is 31.0 Å². The van der Waals surface area contributed by atoms with Crippen LogP contribution in [0.4, 0.5) is 4.39 Å². The number of hydrogen-bond donors (Lipinski definition) is 1. The van der Waals surface area contributed by atoms with Crippen LogP contribution in [-0.2, 0) is 11.3 Å². The predicted octanol–water partition coefficient (Wildman–Crippen LogP) is 2.35. The van der Waals surface area contributed by atoms with E-state index < -0.39 is 0 Å². The standard InChI is InChI=1S/C21H19FN6O2/c22-14-3-1-12(2-4-14)16-7-13-9-25-27-17-8-15(30)10-23-20(18(13)17)19(16)21-24-11-26-28(21)5-6-29/h1-4,8,11,16,19,29H,5-7,9-10H2. The minimum Gasteiger partial charge on any atom is -0.394 e. The summed E-state index contributed by atoms with van der Waals surface area (Å²) in [5.41, 5.74) is 4.13. The molecule has 8 nitrogen and oxygen atoms in total. The van der Waals surface area contributed by atoms with Crippen LogP contribution in [0, 0.1) is 5.82 Å². The molecule has 0 fully saturated rings. The van der Waals surface area contributed by atoms with Crippen molar-refractivity contribution in [3.05, 3.63) is 70.7 Å². The van der Waals surface area contributed by atoms with E-state index in [-0.39, 0.29) is 36.6 Å². The molecule has 2 unspecified atom stereocenters. The van der Waals surface area contributed by atoms with Crippen molar-refractivity contribution in [1.82, 2.24) is 14.8 Å². The zero-order valence-electron chi connectivity index (χ0n) is 16.1. The molecule has 30 heavy (non-hydrogen) atoms. The molecule has 3 aliphatic rings. The normalized spacial score (nSPS) is 23.1. The zero-order valence-corrected chi connectivity index (χ0v) is 16.1. The number of halogens is 1. The summed E-state index contributed by atoms with van der Waals surface area (Å²) in [6, 6.07) is 6.43.